The van der Waals surface area contributed by atoms with Gasteiger partial charge in [-0.05, 0) is 25.5 Å². The van der Waals surface area contributed by atoms with E-state index in [4.69, 9.17) is 4.74 Å². The minimum atomic E-state index is -0.369. The number of aliphatic hydroxyl groups excluding tert-OH is 1. The summed E-state index contributed by atoms with van der Waals surface area (Å²) in [6, 6.07) is 12.1. The van der Waals surface area contributed by atoms with Gasteiger partial charge in [0.05, 0.1) is 17.7 Å². The van der Waals surface area contributed by atoms with E-state index < -0.39 is 0 Å². The van der Waals surface area contributed by atoms with E-state index in [1.165, 1.54) is 0 Å². The number of fused-ring (bicyclic) bond motifs is 1. The van der Waals surface area contributed by atoms with E-state index in [0.717, 1.165) is 29.6 Å². The summed E-state index contributed by atoms with van der Waals surface area (Å²) < 4.78 is 5.51. The molecule has 2 aromatic rings. The van der Waals surface area contributed by atoms with Gasteiger partial charge in [-0.3, -0.25) is 4.98 Å². The molecule has 1 aliphatic heterocycles. The second-order valence-corrected chi connectivity index (χ2v) is 5.30. The van der Waals surface area contributed by atoms with Crippen LogP contribution in [0.1, 0.15) is 19.0 Å². The molecule has 0 bridgehead atoms. The van der Waals surface area contributed by atoms with E-state index in [2.05, 4.69) is 17.1 Å². The molecule has 0 amide bonds. The molecule has 3 heteroatoms. The first kappa shape index (κ1) is 12.6. The Morgan fingerprint density at radius 3 is 2.95 bits per heavy atom. The van der Waals surface area contributed by atoms with Gasteiger partial charge in [-0.15, -0.1) is 0 Å². The van der Waals surface area contributed by atoms with Crippen molar-refractivity contribution >= 4 is 10.9 Å². The van der Waals surface area contributed by atoms with Gasteiger partial charge in [0.15, 0.2) is 0 Å². The first-order chi connectivity index (χ1) is 9.24. The van der Waals surface area contributed by atoms with Crippen molar-refractivity contribution in [3.8, 4) is 0 Å². The molecule has 3 rings (SSSR count). The van der Waals surface area contributed by atoms with Crippen LogP contribution in [0.25, 0.3) is 10.9 Å². The van der Waals surface area contributed by atoms with Crippen LogP contribution in [0.5, 0.6) is 0 Å². The zero-order valence-electron chi connectivity index (χ0n) is 11.1. The normalized spacial score (nSPS) is 24.7. The van der Waals surface area contributed by atoms with E-state index in [-0.39, 0.29) is 18.1 Å². The molecule has 100 valence electrons. The van der Waals surface area contributed by atoms with Crippen LogP contribution in [0.3, 0.4) is 0 Å². The van der Waals surface area contributed by atoms with Crippen LogP contribution in [0, 0.1) is 5.92 Å². The predicted molar refractivity (Wildman–Crippen MR) is 75.0 cm³/mol. The van der Waals surface area contributed by atoms with Gasteiger partial charge < -0.3 is 9.84 Å². The predicted octanol–water partition coefficient (Wildman–Crippen LogP) is 2.56. The van der Waals surface area contributed by atoms with Gasteiger partial charge in [-0.1, -0.05) is 24.3 Å². The molecule has 19 heavy (non-hydrogen) atoms. The number of para-hydroxylation sites is 1. The molecule has 1 aromatic heterocycles. The Labute approximate surface area is 113 Å². The third-order valence-electron chi connectivity index (χ3n) is 4.00. The number of benzene rings is 1. The fourth-order valence-electron chi connectivity index (χ4n) is 2.84. The molecule has 1 saturated heterocycles. The van der Waals surface area contributed by atoms with Gasteiger partial charge in [0.25, 0.3) is 0 Å². The summed E-state index contributed by atoms with van der Waals surface area (Å²) in [5.74, 6) is 0.230. The average molecular weight is 257 g/mol. The summed E-state index contributed by atoms with van der Waals surface area (Å²) in [6.45, 7) is 2.79. The quantitative estimate of drug-likeness (QED) is 0.919. The lowest BCUT2D eigenvalue weighted by atomic mass is 9.92. The highest BCUT2D eigenvalue weighted by Gasteiger charge is 2.30. The molecule has 1 N–H and O–H groups in total. The van der Waals surface area contributed by atoms with Crippen LogP contribution >= 0.6 is 0 Å². The highest BCUT2D eigenvalue weighted by Crippen LogP contribution is 2.26. The molecule has 3 atom stereocenters. The molecule has 0 radical (unpaired) electrons. The Balaban J connectivity index is 1.77. The summed E-state index contributed by atoms with van der Waals surface area (Å²) in [5, 5.41) is 11.5. The lowest BCUT2D eigenvalue weighted by Gasteiger charge is -2.20. The maximum absolute atomic E-state index is 10.3. The maximum Gasteiger partial charge on any atom is 0.0705 e. The van der Waals surface area contributed by atoms with E-state index in [1.807, 2.05) is 31.2 Å². The monoisotopic (exact) mass is 257 g/mol. The van der Waals surface area contributed by atoms with Crippen molar-refractivity contribution in [1.29, 1.82) is 0 Å². The van der Waals surface area contributed by atoms with Crippen molar-refractivity contribution < 1.29 is 9.84 Å². The molecule has 1 aromatic carbocycles. The fraction of sp³-hybridized carbons (Fsp3) is 0.438. The van der Waals surface area contributed by atoms with Crippen molar-refractivity contribution in [2.24, 2.45) is 5.92 Å². The molecule has 3 nitrogen and oxygen atoms in total. The van der Waals surface area contributed by atoms with Crippen molar-refractivity contribution in [3.05, 3.63) is 42.1 Å². The standard InChI is InChI=1S/C16H19NO2/c1-11-14(8-9-19-11)16(18)10-13-7-6-12-4-2-3-5-15(12)17-13/h2-7,11,14,16,18H,8-10H2,1H3. The third kappa shape index (κ3) is 2.62. The summed E-state index contributed by atoms with van der Waals surface area (Å²) in [7, 11) is 0. The van der Waals surface area contributed by atoms with Crippen LogP contribution < -0.4 is 0 Å². The van der Waals surface area contributed by atoms with Crippen LogP contribution in [-0.2, 0) is 11.2 Å². The first-order valence-electron chi connectivity index (χ1n) is 6.88. The topological polar surface area (TPSA) is 42.4 Å². The molecule has 2 heterocycles. The van der Waals surface area contributed by atoms with Crippen LogP contribution in [0.4, 0.5) is 0 Å². The molecular formula is C16H19NO2. The smallest absolute Gasteiger partial charge is 0.0705 e. The van der Waals surface area contributed by atoms with Crippen LogP contribution in [0.2, 0.25) is 0 Å². The van der Waals surface area contributed by atoms with Crippen molar-refractivity contribution in [1.82, 2.24) is 4.98 Å². The number of ether oxygens (including phenoxy) is 1. The third-order valence-corrected chi connectivity index (χ3v) is 4.00. The highest BCUT2D eigenvalue weighted by molar-refractivity contribution is 5.78. The Hall–Kier alpha value is -1.45. The Morgan fingerprint density at radius 1 is 1.32 bits per heavy atom. The summed E-state index contributed by atoms with van der Waals surface area (Å²) >= 11 is 0. The molecule has 0 saturated carbocycles. The van der Waals surface area contributed by atoms with Gasteiger partial charge in [-0.2, -0.15) is 0 Å². The van der Waals surface area contributed by atoms with Crippen molar-refractivity contribution in [3.63, 3.8) is 0 Å². The van der Waals surface area contributed by atoms with E-state index >= 15 is 0 Å². The molecule has 0 spiro atoms. The number of aliphatic hydroxyl groups is 1. The van der Waals surface area contributed by atoms with E-state index in [0.29, 0.717) is 6.42 Å². The zero-order valence-corrected chi connectivity index (χ0v) is 11.1. The number of nitrogens with zero attached hydrogens (tertiary/aromatic N) is 1. The molecule has 1 fully saturated rings. The largest absolute Gasteiger partial charge is 0.392 e. The number of hydrogen-bond donors (Lipinski definition) is 1. The van der Waals surface area contributed by atoms with Crippen LogP contribution in [-0.4, -0.2) is 28.9 Å². The lowest BCUT2D eigenvalue weighted by molar-refractivity contribution is 0.0437. The number of aromatic nitrogens is 1. The molecular weight excluding hydrogens is 238 g/mol. The van der Waals surface area contributed by atoms with Gasteiger partial charge >= 0.3 is 0 Å². The van der Waals surface area contributed by atoms with Gasteiger partial charge in [0.2, 0.25) is 0 Å². The minimum Gasteiger partial charge on any atom is -0.392 e. The number of hydrogen-bond acceptors (Lipinski definition) is 3. The Kier molecular flexibility index (Phi) is 3.49. The Bertz CT molecular complexity index is 569. The van der Waals surface area contributed by atoms with Crippen molar-refractivity contribution in [2.75, 3.05) is 6.61 Å². The molecule has 0 aliphatic carbocycles. The first-order valence-corrected chi connectivity index (χ1v) is 6.88. The van der Waals surface area contributed by atoms with Crippen LogP contribution in [0.15, 0.2) is 36.4 Å². The average Bonchev–Trinajstić information content (AvgIpc) is 2.85. The van der Waals surface area contributed by atoms with Gasteiger partial charge in [-0.25, -0.2) is 0 Å². The van der Waals surface area contributed by atoms with E-state index in [1.54, 1.807) is 0 Å². The minimum absolute atomic E-state index is 0.149. The van der Waals surface area contributed by atoms with Gasteiger partial charge in [0.1, 0.15) is 0 Å². The fourth-order valence-corrected chi connectivity index (χ4v) is 2.84. The second kappa shape index (κ2) is 5.27. The molecule has 3 unspecified atom stereocenters. The Morgan fingerprint density at radius 2 is 2.16 bits per heavy atom. The lowest BCUT2D eigenvalue weighted by Crippen LogP contribution is -2.28. The van der Waals surface area contributed by atoms with Crippen molar-refractivity contribution in [2.45, 2.75) is 32.0 Å². The maximum atomic E-state index is 10.3. The van der Waals surface area contributed by atoms with Gasteiger partial charge in [0, 0.05) is 30.0 Å². The second-order valence-electron chi connectivity index (χ2n) is 5.30. The SMILES string of the molecule is CC1OCCC1C(O)Cc1ccc2ccccc2n1. The number of rotatable bonds is 3. The number of pyridine rings is 1. The highest BCUT2D eigenvalue weighted by atomic mass is 16.5. The summed E-state index contributed by atoms with van der Waals surface area (Å²) in [6.07, 6.45) is 1.32. The zero-order chi connectivity index (χ0) is 13.2. The molecule has 1 aliphatic rings. The van der Waals surface area contributed by atoms with E-state index in [9.17, 15) is 5.11 Å². The summed E-state index contributed by atoms with van der Waals surface area (Å²) in [4.78, 5) is 4.61. The summed E-state index contributed by atoms with van der Waals surface area (Å²) in [5.41, 5.74) is 1.94.